The molecule has 0 saturated carbocycles. The number of aliphatic hydroxyl groups excluding tert-OH is 1. The van der Waals surface area contributed by atoms with Gasteiger partial charge in [-0.25, -0.2) is 0 Å². The molecule has 0 aliphatic rings. The van der Waals surface area contributed by atoms with Crippen molar-refractivity contribution < 1.29 is 14.6 Å². The van der Waals surface area contributed by atoms with Gasteiger partial charge < -0.3 is 19.9 Å². The third-order valence-corrected chi connectivity index (χ3v) is 3.03. The Labute approximate surface area is 131 Å². The molecule has 0 aliphatic carbocycles. The van der Waals surface area contributed by atoms with Crippen LogP contribution in [0.1, 0.15) is 5.56 Å². The summed E-state index contributed by atoms with van der Waals surface area (Å²) in [5.41, 5.74) is 2.08. The first-order valence-corrected chi connectivity index (χ1v) is 7.22. The van der Waals surface area contributed by atoms with E-state index in [9.17, 15) is 0 Å². The lowest BCUT2D eigenvalue weighted by Gasteiger charge is -2.12. The Bertz CT molecular complexity index is 581. The van der Waals surface area contributed by atoms with Crippen LogP contribution in [0.3, 0.4) is 0 Å². The van der Waals surface area contributed by atoms with Crippen LogP contribution < -0.4 is 14.8 Å². The first-order valence-electron chi connectivity index (χ1n) is 7.22. The van der Waals surface area contributed by atoms with Gasteiger partial charge in [-0.3, -0.25) is 0 Å². The van der Waals surface area contributed by atoms with Gasteiger partial charge >= 0.3 is 0 Å². The molecule has 0 aliphatic heterocycles. The molecule has 2 rings (SSSR count). The summed E-state index contributed by atoms with van der Waals surface area (Å²) < 4.78 is 11.0. The summed E-state index contributed by atoms with van der Waals surface area (Å²) >= 11 is 0. The van der Waals surface area contributed by atoms with Gasteiger partial charge in [0.05, 0.1) is 6.61 Å². The van der Waals surface area contributed by atoms with Crippen LogP contribution in [0, 0.1) is 0 Å². The molecule has 2 aromatic rings. The quantitative estimate of drug-likeness (QED) is 0.698. The molecule has 4 nitrogen and oxygen atoms in total. The average Bonchev–Trinajstić information content (AvgIpc) is 2.58. The second-order valence-electron chi connectivity index (χ2n) is 4.66. The van der Waals surface area contributed by atoms with Gasteiger partial charge in [0.1, 0.15) is 24.7 Å². The summed E-state index contributed by atoms with van der Waals surface area (Å²) in [4.78, 5) is 0. The van der Waals surface area contributed by atoms with Crippen molar-refractivity contribution in [2.24, 2.45) is 0 Å². The van der Waals surface area contributed by atoms with Crippen molar-refractivity contribution >= 4 is 5.69 Å². The van der Waals surface area contributed by atoms with Crippen LogP contribution in [0.4, 0.5) is 5.69 Å². The van der Waals surface area contributed by atoms with Crippen molar-refractivity contribution in [1.82, 2.24) is 0 Å². The zero-order valence-electron chi connectivity index (χ0n) is 12.5. The smallest absolute Gasteiger partial charge is 0.124 e. The highest BCUT2D eigenvalue weighted by Gasteiger charge is 2.02. The molecule has 116 valence electrons. The van der Waals surface area contributed by atoms with E-state index in [0.717, 1.165) is 22.7 Å². The van der Waals surface area contributed by atoms with Crippen molar-refractivity contribution in [3.63, 3.8) is 0 Å². The fourth-order valence-corrected chi connectivity index (χ4v) is 1.97. The second kappa shape index (κ2) is 8.74. The number of ether oxygens (including phenoxy) is 2. The predicted molar refractivity (Wildman–Crippen MR) is 88.5 cm³/mol. The van der Waals surface area contributed by atoms with Gasteiger partial charge in [0.15, 0.2) is 0 Å². The number of nitrogens with one attached hydrogen (secondary N) is 1. The predicted octanol–water partition coefficient (Wildman–Crippen LogP) is 3.23. The molecule has 0 fully saturated rings. The molecule has 0 heterocycles. The molecule has 0 aromatic heterocycles. The highest BCUT2D eigenvalue weighted by molar-refractivity contribution is 5.47. The molecule has 0 atom stereocenters. The second-order valence-corrected chi connectivity index (χ2v) is 4.66. The average molecular weight is 299 g/mol. The van der Waals surface area contributed by atoms with Crippen molar-refractivity contribution in [2.45, 2.75) is 6.54 Å². The Hall–Kier alpha value is -2.46. The molecule has 0 radical (unpaired) electrons. The molecule has 0 amide bonds. The first kappa shape index (κ1) is 15.9. The number of rotatable bonds is 9. The monoisotopic (exact) mass is 299 g/mol. The van der Waals surface area contributed by atoms with Gasteiger partial charge in [-0.1, -0.05) is 30.9 Å². The summed E-state index contributed by atoms with van der Waals surface area (Å²) in [7, 11) is 0. The summed E-state index contributed by atoms with van der Waals surface area (Å²) in [5, 5.41) is 12.1. The lowest BCUT2D eigenvalue weighted by Crippen LogP contribution is -2.04. The van der Waals surface area contributed by atoms with E-state index in [1.807, 2.05) is 48.5 Å². The molecule has 0 saturated heterocycles. The largest absolute Gasteiger partial charge is 0.491 e. The Morgan fingerprint density at radius 2 is 1.82 bits per heavy atom. The molecular weight excluding hydrogens is 278 g/mol. The van der Waals surface area contributed by atoms with Crippen LogP contribution in [0.25, 0.3) is 0 Å². The summed E-state index contributed by atoms with van der Waals surface area (Å²) in [5.74, 6) is 1.60. The molecule has 0 spiro atoms. The maximum absolute atomic E-state index is 8.72. The maximum Gasteiger partial charge on any atom is 0.124 e. The normalized spacial score (nSPS) is 10.0. The highest BCUT2D eigenvalue weighted by atomic mass is 16.5. The lowest BCUT2D eigenvalue weighted by molar-refractivity contribution is 0.201. The SMILES string of the molecule is C=CCOc1ccccc1CNc1ccc(OCCO)cc1. The Balaban J connectivity index is 1.93. The van der Waals surface area contributed by atoms with Gasteiger partial charge in [-0.2, -0.15) is 0 Å². The lowest BCUT2D eigenvalue weighted by atomic mass is 10.2. The minimum absolute atomic E-state index is 0.0154. The number of hydrogen-bond acceptors (Lipinski definition) is 4. The number of hydrogen-bond donors (Lipinski definition) is 2. The van der Waals surface area contributed by atoms with Crippen LogP contribution in [-0.4, -0.2) is 24.9 Å². The molecule has 2 aromatic carbocycles. The van der Waals surface area contributed by atoms with Crippen molar-refractivity contribution in [1.29, 1.82) is 0 Å². The van der Waals surface area contributed by atoms with Crippen LogP contribution >= 0.6 is 0 Å². The van der Waals surface area contributed by atoms with Crippen LogP contribution in [0.2, 0.25) is 0 Å². The minimum Gasteiger partial charge on any atom is -0.491 e. The fraction of sp³-hybridized carbons (Fsp3) is 0.222. The van der Waals surface area contributed by atoms with E-state index in [2.05, 4.69) is 11.9 Å². The van der Waals surface area contributed by atoms with Crippen molar-refractivity contribution in [2.75, 3.05) is 25.1 Å². The number of anilines is 1. The van der Waals surface area contributed by atoms with Crippen molar-refractivity contribution in [3.8, 4) is 11.5 Å². The van der Waals surface area contributed by atoms with Gasteiger partial charge in [0.25, 0.3) is 0 Å². The van der Waals surface area contributed by atoms with Crippen LogP contribution in [0.15, 0.2) is 61.2 Å². The maximum atomic E-state index is 8.72. The third kappa shape index (κ3) is 4.82. The molecule has 2 N–H and O–H groups in total. The van der Waals surface area contributed by atoms with E-state index >= 15 is 0 Å². The van der Waals surface area contributed by atoms with E-state index in [1.165, 1.54) is 0 Å². The van der Waals surface area contributed by atoms with Gasteiger partial charge in [-0.15, -0.1) is 0 Å². The van der Waals surface area contributed by atoms with E-state index in [1.54, 1.807) is 6.08 Å². The number of para-hydroxylation sites is 1. The third-order valence-electron chi connectivity index (χ3n) is 3.03. The number of benzene rings is 2. The molecule has 0 bridgehead atoms. The van der Waals surface area contributed by atoms with Gasteiger partial charge in [-0.05, 0) is 30.3 Å². The Kier molecular flexibility index (Phi) is 6.33. The van der Waals surface area contributed by atoms with E-state index in [-0.39, 0.29) is 6.61 Å². The van der Waals surface area contributed by atoms with E-state index < -0.39 is 0 Å². The zero-order valence-corrected chi connectivity index (χ0v) is 12.5. The summed E-state index contributed by atoms with van der Waals surface area (Å²) in [6, 6.07) is 15.6. The summed E-state index contributed by atoms with van der Waals surface area (Å²) in [6.07, 6.45) is 1.73. The highest BCUT2D eigenvalue weighted by Crippen LogP contribution is 2.21. The molecule has 0 unspecified atom stereocenters. The topological polar surface area (TPSA) is 50.7 Å². The van der Waals surface area contributed by atoms with Crippen molar-refractivity contribution in [3.05, 3.63) is 66.7 Å². The minimum atomic E-state index is 0.0154. The summed E-state index contributed by atoms with van der Waals surface area (Å²) in [6.45, 7) is 5.15. The standard InChI is InChI=1S/C18H21NO3/c1-2-12-22-18-6-4-3-5-15(18)14-19-16-7-9-17(10-8-16)21-13-11-20/h2-10,19-20H,1,11-14H2. The van der Waals surface area contributed by atoms with E-state index in [4.69, 9.17) is 14.6 Å². The fourth-order valence-electron chi connectivity index (χ4n) is 1.97. The van der Waals surface area contributed by atoms with E-state index in [0.29, 0.717) is 19.8 Å². The van der Waals surface area contributed by atoms with Crippen LogP contribution in [0.5, 0.6) is 11.5 Å². The Morgan fingerprint density at radius 1 is 1.05 bits per heavy atom. The Morgan fingerprint density at radius 3 is 2.55 bits per heavy atom. The van der Waals surface area contributed by atoms with Gasteiger partial charge in [0, 0.05) is 17.8 Å². The van der Waals surface area contributed by atoms with Gasteiger partial charge in [0.2, 0.25) is 0 Å². The molecule has 4 heteroatoms. The first-order chi connectivity index (χ1) is 10.8. The zero-order chi connectivity index (χ0) is 15.6. The molecule has 22 heavy (non-hydrogen) atoms. The number of aliphatic hydroxyl groups is 1. The molecular formula is C18H21NO3. The van der Waals surface area contributed by atoms with Crippen LogP contribution in [-0.2, 0) is 6.54 Å².